The summed E-state index contributed by atoms with van der Waals surface area (Å²) in [6, 6.07) is 4.21. The van der Waals surface area contributed by atoms with Crippen molar-refractivity contribution in [3.8, 4) is 11.8 Å². The van der Waals surface area contributed by atoms with Crippen molar-refractivity contribution in [1.82, 2.24) is 9.88 Å². The van der Waals surface area contributed by atoms with Gasteiger partial charge in [0.15, 0.2) is 0 Å². The molecule has 1 saturated heterocycles. The van der Waals surface area contributed by atoms with E-state index in [0.717, 1.165) is 6.42 Å². The summed E-state index contributed by atoms with van der Waals surface area (Å²) in [7, 11) is 2.18. The highest BCUT2D eigenvalue weighted by Crippen LogP contribution is 2.26. The monoisotopic (exact) mass is 293 g/mol. The van der Waals surface area contributed by atoms with Gasteiger partial charge in [0.25, 0.3) is 0 Å². The van der Waals surface area contributed by atoms with Gasteiger partial charge in [-0.1, -0.05) is 0 Å². The van der Waals surface area contributed by atoms with Gasteiger partial charge in [-0.05, 0) is 59.7 Å². The molecule has 0 aromatic carbocycles. The highest BCUT2D eigenvalue weighted by atomic mass is 16.5. The molecule has 1 unspecified atom stereocenters. The van der Waals surface area contributed by atoms with Crippen LogP contribution in [-0.2, 0) is 0 Å². The molecule has 1 atom stereocenters. The molecule has 0 spiro atoms. The molecule has 2 heterocycles. The smallest absolute Gasteiger partial charge is 0.241 e. The number of nitrogens with zero attached hydrogens (tertiary/aromatic N) is 2. The van der Waals surface area contributed by atoms with Gasteiger partial charge in [-0.15, -0.1) is 0 Å². The standard InChI is InChI=1S/C16H27N3O2/c1-16(2,3)21-15-13(17)7-8-14(18-15)20-11-9-12-6-5-10-19(12)4/h7-8,12H,5-6,9-11,17H2,1-4H3. The lowest BCUT2D eigenvalue weighted by molar-refractivity contribution is 0.123. The van der Waals surface area contributed by atoms with Gasteiger partial charge in [0, 0.05) is 12.1 Å². The molecule has 1 fully saturated rings. The van der Waals surface area contributed by atoms with Gasteiger partial charge in [0.2, 0.25) is 11.8 Å². The second kappa shape index (κ2) is 6.52. The van der Waals surface area contributed by atoms with Crippen LogP contribution in [0.5, 0.6) is 11.8 Å². The van der Waals surface area contributed by atoms with Crippen molar-refractivity contribution in [2.75, 3.05) is 25.9 Å². The first-order valence-electron chi connectivity index (χ1n) is 7.64. The predicted octanol–water partition coefficient (Wildman–Crippen LogP) is 2.70. The van der Waals surface area contributed by atoms with E-state index in [2.05, 4.69) is 16.9 Å². The van der Waals surface area contributed by atoms with Crippen LogP contribution in [0.4, 0.5) is 5.69 Å². The quantitative estimate of drug-likeness (QED) is 0.904. The lowest BCUT2D eigenvalue weighted by atomic mass is 10.1. The van der Waals surface area contributed by atoms with Crippen LogP contribution in [-0.4, -0.2) is 41.7 Å². The van der Waals surface area contributed by atoms with Gasteiger partial charge in [-0.25, -0.2) is 0 Å². The van der Waals surface area contributed by atoms with Crippen molar-refractivity contribution in [3.05, 3.63) is 12.1 Å². The fourth-order valence-electron chi connectivity index (χ4n) is 2.53. The predicted molar refractivity (Wildman–Crippen MR) is 84.8 cm³/mol. The molecule has 1 aliphatic heterocycles. The average molecular weight is 293 g/mol. The second-order valence-electron chi connectivity index (χ2n) is 6.67. The molecule has 5 nitrogen and oxygen atoms in total. The Labute approximate surface area is 127 Å². The first kappa shape index (κ1) is 15.9. The van der Waals surface area contributed by atoms with E-state index in [1.807, 2.05) is 20.8 Å². The molecule has 1 aromatic rings. The number of aromatic nitrogens is 1. The zero-order valence-corrected chi connectivity index (χ0v) is 13.6. The second-order valence-corrected chi connectivity index (χ2v) is 6.67. The number of likely N-dealkylation sites (tertiary alicyclic amines) is 1. The van der Waals surface area contributed by atoms with Crippen molar-refractivity contribution in [2.45, 2.75) is 51.7 Å². The molecule has 0 saturated carbocycles. The molecule has 118 valence electrons. The summed E-state index contributed by atoms with van der Waals surface area (Å²) in [5.41, 5.74) is 6.10. The Balaban J connectivity index is 1.90. The molecule has 0 amide bonds. The molecule has 0 radical (unpaired) electrons. The Hall–Kier alpha value is -1.49. The normalized spacial score (nSPS) is 19.7. The molecule has 21 heavy (non-hydrogen) atoms. The SMILES string of the molecule is CN1CCCC1CCOc1ccc(N)c(OC(C)(C)C)n1. The first-order chi connectivity index (χ1) is 9.85. The maximum Gasteiger partial charge on any atom is 0.241 e. The van der Waals surface area contributed by atoms with Crippen LogP contribution in [0.1, 0.15) is 40.0 Å². The van der Waals surface area contributed by atoms with Gasteiger partial charge >= 0.3 is 0 Å². The maximum atomic E-state index is 5.89. The number of hydrogen-bond acceptors (Lipinski definition) is 5. The van der Waals surface area contributed by atoms with Gasteiger partial charge in [0.1, 0.15) is 5.60 Å². The van der Waals surface area contributed by atoms with Gasteiger partial charge < -0.3 is 20.1 Å². The van der Waals surface area contributed by atoms with Crippen LogP contribution in [0.15, 0.2) is 12.1 Å². The highest BCUT2D eigenvalue weighted by molar-refractivity contribution is 5.49. The number of nitrogen functional groups attached to an aromatic ring is 1. The number of anilines is 1. The van der Waals surface area contributed by atoms with Crippen molar-refractivity contribution >= 4 is 5.69 Å². The van der Waals surface area contributed by atoms with Crippen LogP contribution in [0, 0.1) is 0 Å². The van der Waals surface area contributed by atoms with E-state index in [1.165, 1.54) is 19.4 Å². The van der Waals surface area contributed by atoms with E-state index in [0.29, 0.717) is 30.1 Å². The first-order valence-corrected chi connectivity index (χ1v) is 7.64. The average Bonchev–Trinajstić information content (AvgIpc) is 2.77. The third-order valence-corrected chi connectivity index (χ3v) is 3.64. The molecular formula is C16H27N3O2. The summed E-state index contributed by atoms with van der Waals surface area (Å²) in [5, 5.41) is 0. The van der Waals surface area contributed by atoms with Gasteiger partial charge in [0.05, 0.1) is 12.3 Å². The van der Waals surface area contributed by atoms with Crippen molar-refractivity contribution < 1.29 is 9.47 Å². The zero-order valence-electron chi connectivity index (χ0n) is 13.6. The minimum absolute atomic E-state index is 0.327. The summed E-state index contributed by atoms with van der Waals surface area (Å²) < 4.78 is 11.5. The largest absolute Gasteiger partial charge is 0.478 e. The Morgan fingerprint density at radius 1 is 1.38 bits per heavy atom. The molecule has 1 aromatic heterocycles. The molecule has 1 aliphatic rings. The summed E-state index contributed by atoms with van der Waals surface area (Å²) in [5.74, 6) is 1.02. The number of ether oxygens (including phenoxy) is 2. The van der Waals surface area contributed by atoms with Crippen LogP contribution in [0.25, 0.3) is 0 Å². The summed E-state index contributed by atoms with van der Waals surface area (Å²) >= 11 is 0. The Morgan fingerprint density at radius 2 is 2.14 bits per heavy atom. The summed E-state index contributed by atoms with van der Waals surface area (Å²) in [4.78, 5) is 6.75. The number of rotatable bonds is 5. The Bertz CT molecular complexity index is 471. The fourth-order valence-corrected chi connectivity index (χ4v) is 2.53. The molecular weight excluding hydrogens is 266 g/mol. The zero-order chi connectivity index (χ0) is 15.5. The number of hydrogen-bond donors (Lipinski definition) is 1. The van der Waals surface area contributed by atoms with E-state index in [-0.39, 0.29) is 5.60 Å². The number of nitrogens with two attached hydrogens (primary N) is 1. The summed E-state index contributed by atoms with van der Waals surface area (Å²) in [6.07, 6.45) is 3.57. The van der Waals surface area contributed by atoms with Crippen molar-refractivity contribution in [2.24, 2.45) is 0 Å². The maximum absolute atomic E-state index is 5.89. The number of pyridine rings is 1. The van der Waals surface area contributed by atoms with E-state index in [1.54, 1.807) is 12.1 Å². The lowest BCUT2D eigenvalue weighted by Gasteiger charge is -2.22. The highest BCUT2D eigenvalue weighted by Gasteiger charge is 2.20. The molecule has 0 aliphatic carbocycles. The fraction of sp³-hybridized carbons (Fsp3) is 0.688. The third-order valence-electron chi connectivity index (χ3n) is 3.64. The molecule has 2 rings (SSSR count). The third kappa shape index (κ3) is 4.77. The van der Waals surface area contributed by atoms with E-state index >= 15 is 0 Å². The minimum atomic E-state index is -0.327. The van der Waals surface area contributed by atoms with Crippen LogP contribution in [0.2, 0.25) is 0 Å². The topological polar surface area (TPSA) is 60.6 Å². The van der Waals surface area contributed by atoms with Gasteiger partial charge in [-0.2, -0.15) is 4.98 Å². The lowest BCUT2D eigenvalue weighted by Crippen LogP contribution is -2.26. The van der Waals surface area contributed by atoms with Crippen molar-refractivity contribution in [3.63, 3.8) is 0 Å². The van der Waals surface area contributed by atoms with Crippen LogP contribution < -0.4 is 15.2 Å². The van der Waals surface area contributed by atoms with Crippen LogP contribution in [0.3, 0.4) is 0 Å². The van der Waals surface area contributed by atoms with E-state index in [9.17, 15) is 0 Å². The molecule has 2 N–H and O–H groups in total. The Morgan fingerprint density at radius 3 is 2.76 bits per heavy atom. The van der Waals surface area contributed by atoms with Gasteiger partial charge in [-0.3, -0.25) is 0 Å². The van der Waals surface area contributed by atoms with E-state index in [4.69, 9.17) is 15.2 Å². The van der Waals surface area contributed by atoms with E-state index < -0.39 is 0 Å². The summed E-state index contributed by atoms with van der Waals surface area (Å²) in [6.45, 7) is 7.77. The van der Waals surface area contributed by atoms with Crippen molar-refractivity contribution in [1.29, 1.82) is 0 Å². The molecule has 0 bridgehead atoms. The minimum Gasteiger partial charge on any atom is -0.478 e. The van der Waals surface area contributed by atoms with Crippen LogP contribution >= 0.6 is 0 Å². The Kier molecular flexibility index (Phi) is 4.93. The molecule has 5 heteroatoms.